The number of hydrogen-bond donors (Lipinski definition) is 2. The minimum atomic E-state index is -3.48. The molecular formula is C16H14ClN3O3S2. The Hall–Kier alpha value is -2.16. The Morgan fingerprint density at radius 1 is 1.12 bits per heavy atom. The van der Waals surface area contributed by atoms with Crippen molar-refractivity contribution in [3.63, 3.8) is 0 Å². The molecule has 0 saturated heterocycles. The number of hydrazine groups is 1. The summed E-state index contributed by atoms with van der Waals surface area (Å²) in [6.07, 6.45) is -0.157. The molecule has 0 aliphatic heterocycles. The topological polar surface area (TPSA) is 88.2 Å². The van der Waals surface area contributed by atoms with E-state index in [4.69, 9.17) is 11.6 Å². The first kappa shape index (κ1) is 17.7. The van der Waals surface area contributed by atoms with Crippen molar-refractivity contribution in [2.75, 3.05) is 11.2 Å². The van der Waals surface area contributed by atoms with E-state index < -0.39 is 15.7 Å². The number of carbonyl (C=O) groups excluding carboxylic acids is 1. The molecule has 1 aromatic heterocycles. The summed E-state index contributed by atoms with van der Waals surface area (Å²) >= 11 is 7.39. The number of halogens is 1. The molecule has 9 heteroatoms. The summed E-state index contributed by atoms with van der Waals surface area (Å²) in [4.78, 5) is 16.4. The number of benzene rings is 2. The highest BCUT2D eigenvalue weighted by atomic mass is 35.5. The average Bonchev–Trinajstić information content (AvgIpc) is 3.04. The van der Waals surface area contributed by atoms with Gasteiger partial charge in [0.05, 0.1) is 20.4 Å². The lowest BCUT2D eigenvalue weighted by Crippen LogP contribution is -2.30. The van der Waals surface area contributed by atoms with Gasteiger partial charge >= 0.3 is 0 Å². The second-order valence-corrected chi connectivity index (χ2v) is 8.71. The molecule has 0 unspecified atom stereocenters. The zero-order valence-corrected chi connectivity index (χ0v) is 15.3. The maximum atomic E-state index is 12.1. The predicted molar refractivity (Wildman–Crippen MR) is 99.5 cm³/mol. The molecule has 25 heavy (non-hydrogen) atoms. The van der Waals surface area contributed by atoms with Gasteiger partial charge in [-0.1, -0.05) is 47.2 Å². The summed E-state index contributed by atoms with van der Waals surface area (Å²) in [6.45, 7) is 0. The van der Waals surface area contributed by atoms with Crippen LogP contribution in [0.2, 0.25) is 5.02 Å². The Bertz CT molecular complexity index is 1000. The molecule has 0 aliphatic carbocycles. The molecule has 0 fully saturated rings. The van der Waals surface area contributed by atoms with E-state index >= 15 is 0 Å². The molecule has 0 aliphatic rings. The van der Waals surface area contributed by atoms with Crippen molar-refractivity contribution in [1.29, 1.82) is 0 Å². The highest BCUT2D eigenvalue weighted by Crippen LogP contribution is 2.30. The van der Waals surface area contributed by atoms with Gasteiger partial charge in [-0.15, -0.1) is 0 Å². The van der Waals surface area contributed by atoms with E-state index in [0.717, 1.165) is 4.70 Å². The number of rotatable bonds is 6. The van der Waals surface area contributed by atoms with Gasteiger partial charge in [0.1, 0.15) is 5.52 Å². The Balaban J connectivity index is 1.57. The predicted octanol–water partition coefficient (Wildman–Crippen LogP) is 3.26. The van der Waals surface area contributed by atoms with Crippen LogP contribution in [0.15, 0.2) is 53.4 Å². The van der Waals surface area contributed by atoms with Crippen LogP contribution >= 0.6 is 22.9 Å². The fraction of sp³-hybridized carbons (Fsp3) is 0.125. The highest BCUT2D eigenvalue weighted by molar-refractivity contribution is 7.91. The second kappa shape index (κ2) is 7.38. The van der Waals surface area contributed by atoms with Crippen LogP contribution < -0.4 is 10.9 Å². The van der Waals surface area contributed by atoms with Crippen LogP contribution in [0.4, 0.5) is 5.13 Å². The fourth-order valence-electron chi connectivity index (χ4n) is 2.13. The second-order valence-electron chi connectivity index (χ2n) is 5.16. The molecule has 3 rings (SSSR count). The molecule has 0 bridgehead atoms. The lowest BCUT2D eigenvalue weighted by molar-refractivity contribution is -0.120. The number of anilines is 1. The Morgan fingerprint density at radius 3 is 2.60 bits per heavy atom. The van der Waals surface area contributed by atoms with Crippen LogP contribution in [0.25, 0.3) is 10.2 Å². The maximum Gasteiger partial charge on any atom is 0.239 e. The minimum absolute atomic E-state index is 0.157. The van der Waals surface area contributed by atoms with Crippen molar-refractivity contribution in [1.82, 2.24) is 10.4 Å². The minimum Gasteiger partial charge on any atom is -0.273 e. The van der Waals surface area contributed by atoms with Crippen molar-refractivity contribution >= 4 is 54.0 Å². The van der Waals surface area contributed by atoms with Crippen molar-refractivity contribution in [3.8, 4) is 0 Å². The van der Waals surface area contributed by atoms with E-state index in [1.807, 2.05) is 12.1 Å². The van der Waals surface area contributed by atoms with Gasteiger partial charge in [-0.25, -0.2) is 13.4 Å². The molecule has 1 heterocycles. The van der Waals surface area contributed by atoms with Crippen molar-refractivity contribution in [2.45, 2.75) is 11.3 Å². The molecule has 0 spiro atoms. The van der Waals surface area contributed by atoms with Gasteiger partial charge in [0.15, 0.2) is 9.84 Å². The molecule has 130 valence electrons. The maximum absolute atomic E-state index is 12.1. The van der Waals surface area contributed by atoms with Crippen LogP contribution in [0, 0.1) is 0 Å². The molecule has 1 amide bonds. The number of para-hydroxylation sites is 1. The monoisotopic (exact) mass is 395 g/mol. The number of aromatic nitrogens is 1. The summed E-state index contributed by atoms with van der Waals surface area (Å²) in [5, 5.41) is 1.00. The van der Waals surface area contributed by atoms with Crippen molar-refractivity contribution in [2.24, 2.45) is 0 Å². The number of sulfone groups is 1. The van der Waals surface area contributed by atoms with Gasteiger partial charge in [-0.05, 0) is 24.3 Å². The first-order valence-electron chi connectivity index (χ1n) is 7.33. The molecular weight excluding hydrogens is 382 g/mol. The van der Waals surface area contributed by atoms with E-state index in [1.54, 1.807) is 24.3 Å². The van der Waals surface area contributed by atoms with Gasteiger partial charge in [-0.3, -0.25) is 15.6 Å². The van der Waals surface area contributed by atoms with Crippen molar-refractivity contribution < 1.29 is 13.2 Å². The van der Waals surface area contributed by atoms with E-state index in [1.165, 1.54) is 23.5 Å². The molecule has 3 aromatic rings. The van der Waals surface area contributed by atoms with Crippen LogP contribution in [0.5, 0.6) is 0 Å². The van der Waals surface area contributed by atoms with E-state index in [2.05, 4.69) is 15.8 Å². The normalized spacial score (nSPS) is 11.4. The summed E-state index contributed by atoms with van der Waals surface area (Å²) in [5.41, 5.74) is 5.80. The Labute approximate surface area is 153 Å². The van der Waals surface area contributed by atoms with Gasteiger partial charge in [0.25, 0.3) is 0 Å². The summed E-state index contributed by atoms with van der Waals surface area (Å²) in [6, 6.07) is 13.5. The Kier molecular flexibility index (Phi) is 5.22. The van der Waals surface area contributed by atoms with Gasteiger partial charge in [0, 0.05) is 6.42 Å². The zero-order chi connectivity index (χ0) is 17.9. The van der Waals surface area contributed by atoms with Crippen molar-refractivity contribution in [3.05, 3.63) is 53.6 Å². The lowest BCUT2D eigenvalue weighted by Gasteiger charge is -2.06. The molecule has 0 atom stereocenters. The number of amides is 1. The number of nitrogens with one attached hydrogen (secondary N) is 2. The van der Waals surface area contributed by atoms with E-state index in [0.29, 0.717) is 15.7 Å². The third-order valence-electron chi connectivity index (χ3n) is 3.38. The zero-order valence-electron chi connectivity index (χ0n) is 12.9. The molecule has 6 nitrogen and oxygen atoms in total. The summed E-state index contributed by atoms with van der Waals surface area (Å²) in [5.74, 6) is -0.708. The van der Waals surface area contributed by atoms with Crippen LogP contribution in [-0.2, 0) is 14.6 Å². The number of thiazole rings is 1. The molecule has 0 radical (unpaired) electrons. The first-order valence-corrected chi connectivity index (χ1v) is 10.2. The van der Waals surface area contributed by atoms with Crippen LogP contribution in [-0.4, -0.2) is 25.1 Å². The van der Waals surface area contributed by atoms with Gasteiger partial charge in [-0.2, -0.15) is 0 Å². The third-order valence-corrected chi connectivity index (χ3v) is 6.35. The van der Waals surface area contributed by atoms with Crippen LogP contribution in [0.3, 0.4) is 0 Å². The fourth-order valence-corrected chi connectivity index (χ4v) is 4.51. The molecule has 0 saturated carbocycles. The SMILES string of the molecule is O=C(CCS(=O)(=O)c1ccccc1)NNc1nc2c(Cl)cccc2s1. The Morgan fingerprint density at radius 2 is 1.88 bits per heavy atom. The highest BCUT2D eigenvalue weighted by Gasteiger charge is 2.16. The number of carbonyl (C=O) groups is 1. The smallest absolute Gasteiger partial charge is 0.239 e. The van der Waals surface area contributed by atoms with Gasteiger partial charge < -0.3 is 0 Å². The third kappa shape index (κ3) is 4.28. The summed E-state index contributed by atoms with van der Waals surface area (Å²) in [7, 11) is -3.48. The first-order chi connectivity index (χ1) is 12.0. The largest absolute Gasteiger partial charge is 0.273 e. The lowest BCUT2D eigenvalue weighted by atomic mass is 10.3. The number of fused-ring (bicyclic) bond motifs is 1. The number of nitrogens with zero attached hydrogens (tertiary/aromatic N) is 1. The quantitative estimate of drug-likeness (QED) is 0.625. The van der Waals surface area contributed by atoms with E-state index in [-0.39, 0.29) is 17.1 Å². The average molecular weight is 396 g/mol. The standard InChI is InChI=1S/C16H14ClN3O3S2/c17-12-7-4-8-13-15(12)18-16(24-13)20-19-14(21)9-10-25(22,23)11-5-2-1-3-6-11/h1-8H,9-10H2,(H,18,20)(H,19,21). The van der Waals surface area contributed by atoms with Gasteiger partial charge in [0.2, 0.25) is 11.0 Å². The number of hydrogen-bond acceptors (Lipinski definition) is 6. The van der Waals surface area contributed by atoms with E-state index in [9.17, 15) is 13.2 Å². The molecule has 2 aromatic carbocycles. The summed E-state index contributed by atoms with van der Waals surface area (Å²) < 4.78 is 25.2. The molecule has 2 N–H and O–H groups in total. The van der Waals surface area contributed by atoms with Crippen LogP contribution in [0.1, 0.15) is 6.42 Å².